The summed E-state index contributed by atoms with van der Waals surface area (Å²) in [5, 5.41) is 2.89. The molecule has 17 heavy (non-hydrogen) atoms. The van der Waals surface area contributed by atoms with E-state index in [2.05, 4.69) is 17.4 Å². The minimum absolute atomic E-state index is 0.0991. The van der Waals surface area contributed by atoms with Crippen molar-refractivity contribution >= 4 is 11.6 Å². The number of rotatable bonds is 3. The molecule has 3 nitrogen and oxygen atoms in total. The van der Waals surface area contributed by atoms with Gasteiger partial charge in [-0.3, -0.25) is 4.79 Å². The van der Waals surface area contributed by atoms with E-state index in [0.29, 0.717) is 0 Å². The van der Waals surface area contributed by atoms with Gasteiger partial charge >= 0.3 is 0 Å². The molecule has 1 aromatic carbocycles. The quantitative estimate of drug-likeness (QED) is 0.838. The van der Waals surface area contributed by atoms with Crippen molar-refractivity contribution in [3.63, 3.8) is 0 Å². The summed E-state index contributed by atoms with van der Waals surface area (Å²) in [5.74, 6) is 0.0578. The predicted octanol–water partition coefficient (Wildman–Crippen LogP) is 2.10. The highest BCUT2D eigenvalue weighted by molar-refractivity contribution is 5.94. The molecule has 0 aromatic heterocycles. The third-order valence-electron chi connectivity index (χ3n) is 3.39. The van der Waals surface area contributed by atoms with Crippen LogP contribution in [0.25, 0.3) is 0 Å². The molecule has 3 heteroatoms. The number of nitrogens with two attached hydrogens (primary N) is 1. The summed E-state index contributed by atoms with van der Waals surface area (Å²) in [6, 6.07) is 5.71. The van der Waals surface area contributed by atoms with E-state index in [1.807, 2.05) is 19.9 Å². The molecule has 0 unspecified atom stereocenters. The maximum atomic E-state index is 11.8. The van der Waals surface area contributed by atoms with Crippen molar-refractivity contribution in [1.29, 1.82) is 0 Å². The second-order valence-corrected chi connectivity index (χ2v) is 5.10. The second-order valence-electron chi connectivity index (χ2n) is 5.10. The minimum atomic E-state index is -0.441. The highest BCUT2D eigenvalue weighted by atomic mass is 16.2. The van der Waals surface area contributed by atoms with Gasteiger partial charge in [-0.25, -0.2) is 0 Å². The van der Waals surface area contributed by atoms with Crippen molar-refractivity contribution in [2.75, 3.05) is 5.32 Å². The number of benzene rings is 1. The Bertz CT molecular complexity index is 426. The summed E-state index contributed by atoms with van der Waals surface area (Å²) in [5.41, 5.74) is 9.45. The van der Waals surface area contributed by atoms with Crippen LogP contribution >= 0.6 is 0 Å². The van der Waals surface area contributed by atoms with Crippen molar-refractivity contribution in [2.45, 2.75) is 39.2 Å². The molecule has 1 amide bonds. The van der Waals surface area contributed by atoms with Crippen molar-refractivity contribution < 1.29 is 4.79 Å². The highest BCUT2D eigenvalue weighted by Gasteiger charge is 2.18. The minimum Gasteiger partial charge on any atom is -0.325 e. The zero-order chi connectivity index (χ0) is 12.4. The van der Waals surface area contributed by atoms with Gasteiger partial charge in [0.1, 0.15) is 0 Å². The number of nitrogens with one attached hydrogen (secondary N) is 1. The number of hydrogen-bond acceptors (Lipinski definition) is 2. The molecule has 3 N–H and O–H groups in total. The van der Waals surface area contributed by atoms with Crippen molar-refractivity contribution in [3.8, 4) is 0 Å². The Hall–Kier alpha value is -1.35. The van der Waals surface area contributed by atoms with Crippen molar-refractivity contribution in [1.82, 2.24) is 0 Å². The third kappa shape index (κ3) is 2.67. The lowest BCUT2D eigenvalue weighted by atomic mass is 10.0. The topological polar surface area (TPSA) is 55.1 Å². The Morgan fingerprint density at radius 3 is 2.71 bits per heavy atom. The highest BCUT2D eigenvalue weighted by Crippen LogP contribution is 2.24. The van der Waals surface area contributed by atoms with Crippen LogP contribution in [-0.4, -0.2) is 11.9 Å². The first-order valence-corrected chi connectivity index (χ1v) is 6.26. The summed E-state index contributed by atoms with van der Waals surface area (Å²) in [7, 11) is 0. The number of amides is 1. The van der Waals surface area contributed by atoms with E-state index in [1.165, 1.54) is 17.5 Å². The number of hydrogen-bond donors (Lipinski definition) is 2. The van der Waals surface area contributed by atoms with Gasteiger partial charge in [-0.05, 0) is 48.4 Å². The molecule has 2 rings (SSSR count). The number of aryl methyl sites for hydroxylation is 2. The van der Waals surface area contributed by atoms with E-state index in [9.17, 15) is 4.79 Å². The molecule has 92 valence electrons. The first-order valence-electron chi connectivity index (χ1n) is 6.26. The van der Waals surface area contributed by atoms with E-state index >= 15 is 0 Å². The molecule has 0 fully saturated rings. The Morgan fingerprint density at radius 2 is 2.00 bits per heavy atom. The average molecular weight is 232 g/mol. The molecule has 1 aromatic rings. The standard InChI is InChI=1S/C14H20N2O/c1-9(2)13(15)14(17)16-12-7-6-10-4-3-5-11(10)8-12/h6-9,13H,3-5,15H2,1-2H3,(H,16,17)/t13-/m0/s1. The smallest absolute Gasteiger partial charge is 0.241 e. The summed E-state index contributed by atoms with van der Waals surface area (Å²) in [6.07, 6.45) is 3.50. The first kappa shape index (κ1) is 12.1. The number of carbonyl (C=O) groups excluding carboxylic acids is 1. The molecular weight excluding hydrogens is 212 g/mol. The van der Waals surface area contributed by atoms with E-state index in [4.69, 9.17) is 5.73 Å². The molecule has 1 atom stereocenters. The molecule has 0 bridgehead atoms. The molecule has 0 saturated heterocycles. The van der Waals surface area contributed by atoms with Gasteiger partial charge in [0, 0.05) is 5.69 Å². The van der Waals surface area contributed by atoms with Crippen LogP contribution in [0.5, 0.6) is 0 Å². The molecular formula is C14H20N2O. The fourth-order valence-electron chi connectivity index (χ4n) is 2.18. The van der Waals surface area contributed by atoms with Crippen LogP contribution in [0, 0.1) is 5.92 Å². The van der Waals surface area contributed by atoms with Crippen LogP contribution in [0.4, 0.5) is 5.69 Å². The zero-order valence-electron chi connectivity index (χ0n) is 10.5. The second kappa shape index (κ2) is 4.88. The number of anilines is 1. The lowest BCUT2D eigenvalue weighted by Crippen LogP contribution is -2.39. The molecule has 0 spiro atoms. The van der Waals surface area contributed by atoms with Gasteiger partial charge in [-0.2, -0.15) is 0 Å². The van der Waals surface area contributed by atoms with Crippen LogP contribution < -0.4 is 11.1 Å². The van der Waals surface area contributed by atoms with Crippen LogP contribution in [-0.2, 0) is 17.6 Å². The summed E-state index contributed by atoms with van der Waals surface area (Å²) in [6.45, 7) is 3.90. The van der Waals surface area contributed by atoms with Gasteiger partial charge in [-0.15, -0.1) is 0 Å². The van der Waals surface area contributed by atoms with E-state index in [1.54, 1.807) is 0 Å². The molecule has 1 aliphatic carbocycles. The Labute approximate surface area is 102 Å². The lowest BCUT2D eigenvalue weighted by molar-refractivity contribution is -0.118. The number of fused-ring (bicyclic) bond motifs is 1. The van der Waals surface area contributed by atoms with Gasteiger partial charge in [0.15, 0.2) is 0 Å². The fourth-order valence-corrected chi connectivity index (χ4v) is 2.18. The largest absolute Gasteiger partial charge is 0.325 e. The van der Waals surface area contributed by atoms with Crippen LogP contribution in [0.15, 0.2) is 18.2 Å². The van der Waals surface area contributed by atoms with Crippen LogP contribution in [0.2, 0.25) is 0 Å². The molecule has 0 saturated carbocycles. The van der Waals surface area contributed by atoms with Gasteiger partial charge in [-0.1, -0.05) is 19.9 Å². The molecule has 0 heterocycles. The zero-order valence-corrected chi connectivity index (χ0v) is 10.5. The fraction of sp³-hybridized carbons (Fsp3) is 0.500. The SMILES string of the molecule is CC(C)[C@H](N)C(=O)Nc1ccc2c(c1)CCC2. The summed E-state index contributed by atoms with van der Waals surface area (Å²) in [4.78, 5) is 11.8. The normalized spacial score (nSPS) is 15.8. The van der Waals surface area contributed by atoms with Gasteiger partial charge in [0.25, 0.3) is 0 Å². The summed E-state index contributed by atoms with van der Waals surface area (Å²) >= 11 is 0. The van der Waals surface area contributed by atoms with Crippen LogP contribution in [0.1, 0.15) is 31.4 Å². The van der Waals surface area contributed by atoms with Crippen LogP contribution in [0.3, 0.4) is 0 Å². The van der Waals surface area contributed by atoms with E-state index in [-0.39, 0.29) is 11.8 Å². The van der Waals surface area contributed by atoms with E-state index < -0.39 is 6.04 Å². The van der Waals surface area contributed by atoms with Gasteiger partial charge in [0.05, 0.1) is 6.04 Å². The van der Waals surface area contributed by atoms with Crippen molar-refractivity contribution in [2.24, 2.45) is 11.7 Å². The lowest BCUT2D eigenvalue weighted by Gasteiger charge is -2.15. The van der Waals surface area contributed by atoms with Crippen molar-refractivity contribution in [3.05, 3.63) is 29.3 Å². The molecule has 0 radical (unpaired) electrons. The third-order valence-corrected chi connectivity index (χ3v) is 3.39. The van der Waals surface area contributed by atoms with Gasteiger partial charge < -0.3 is 11.1 Å². The first-order chi connectivity index (χ1) is 8.08. The number of carbonyl (C=O) groups is 1. The van der Waals surface area contributed by atoms with Gasteiger partial charge in [0.2, 0.25) is 5.91 Å². The molecule has 0 aliphatic heterocycles. The maximum absolute atomic E-state index is 11.8. The Balaban J connectivity index is 2.07. The summed E-state index contributed by atoms with van der Waals surface area (Å²) < 4.78 is 0. The Morgan fingerprint density at radius 1 is 1.29 bits per heavy atom. The van der Waals surface area contributed by atoms with E-state index in [0.717, 1.165) is 18.5 Å². The Kier molecular flexibility index (Phi) is 3.48. The maximum Gasteiger partial charge on any atom is 0.241 e. The predicted molar refractivity (Wildman–Crippen MR) is 69.9 cm³/mol. The average Bonchev–Trinajstić information content (AvgIpc) is 2.74. The monoisotopic (exact) mass is 232 g/mol. The molecule has 1 aliphatic rings.